The second-order valence-electron chi connectivity index (χ2n) is 4.93. The number of carbonyl (C=O) groups is 1. The lowest BCUT2D eigenvalue weighted by molar-refractivity contribution is 0.0786. The van der Waals surface area contributed by atoms with Gasteiger partial charge in [-0.3, -0.25) is 4.79 Å². The standard InChI is InChI=1S/C17H14BrNOS/c1-19(11-15-8-9-16(18)21-15)17(20)14-7-6-12-4-2-3-5-13(12)10-14/h2-10H,11H2,1H3. The Balaban J connectivity index is 1.82. The molecule has 0 spiro atoms. The van der Waals surface area contributed by atoms with Crippen molar-refractivity contribution in [3.8, 4) is 0 Å². The Morgan fingerprint density at radius 1 is 1.10 bits per heavy atom. The number of thiophene rings is 1. The van der Waals surface area contributed by atoms with Gasteiger partial charge in [-0.25, -0.2) is 0 Å². The van der Waals surface area contributed by atoms with Crippen molar-refractivity contribution in [3.05, 3.63) is 68.8 Å². The summed E-state index contributed by atoms with van der Waals surface area (Å²) in [5.41, 5.74) is 0.729. The van der Waals surface area contributed by atoms with Crippen LogP contribution in [-0.4, -0.2) is 17.9 Å². The fourth-order valence-electron chi connectivity index (χ4n) is 2.29. The van der Waals surface area contributed by atoms with Gasteiger partial charge in [0.05, 0.1) is 10.3 Å². The Kier molecular flexibility index (Phi) is 4.08. The summed E-state index contributed by atoms with van der Waals surface area (Å²) in [6.07, 6.45) is 0. The minimum absolute atomic E-state index is 0.0466. The number of amides is 1. The summed E-state index contributed by atoms with van der Waals surface area (Å²) >= 11 is 5.10. The monoisotopic (exact) mass is 359 g/mol. The van der Waals surface area contributed by atoms with Crippen LogP contribution in [0, 0.1) is 0 Å². The zero-order valence-corrected chi connectivity index (χ0v) is 13.9. The second-order valence-corrected chi connectivity index (χ2v) is 7.48. The molecule has 0 aliphatic carbocycles. The molecule has 0 aliphatic rings. The molecule has 0 unspecified atom stereocenters. The van der Waals surface area contributed by atoms with Crippen molar-refractivity contribution in [1.82, 2.24) is 4.90 Å². The minimum atomic E-state index is 0.0466. The number of benzene rings is 2. The third-order valence-corrected chi connectivity index (χ3v) is 4.97. The Morgan fingerprint density at radius 3 is 2.57 bits per heavy atom. The smallest absolute Gasteiger partial charge is 0.253 e. The van der Waals surface area contributed by atoms with Gasteiger partial charge < -0.3 is 4.90 Å². The van der Waals surface area contributed by atoms with Crippen LogP contribution in [0.1, 0.15) is 15.2 Å². The zero-order valence-electron chi connectivity index (χ0n) is 11.5. The van der Waals surface area contributed by atoms with E-state index in [-0.39, 0.29) is 5.91 Å². The van der Waals surface area contributed by atoms with E-state index in [9.17, 15) is 4.79 Å². The highest BCUT2D eigenvalue weighted by molar-refractivity contribution is 9.11. The molecule has 2 aromatic carbocycles. The van der Waals surface area contributed by atoms with Crippen molar-refractivity contribution in [1.29, 1.82) is 0 Å². The minimum Gasteiger partial charge on any atom is -0.337 e. The van der Waals surface area contributed by atoms with Crippen LogP contribution in [0.4, 0.5) is 0 Å². The van der Waals surface area contributed by atoms with Gasteiger partial charge in [-0.15, -0.1) is 11.3 Å². The molecule has 2 nitrogen and oxygen atoms in total. The lowest BCUT2D eigenvalue weighted by Crippen LogP contribution is -2.25. The summed E-state index contributed by atoms with van der Waals surface area (Å²) in [7, 11) is 1.84. The molecule has 1 heterocycles. The number of fused-ring (bicyclic) bond motifs is 1. The molecule has 0 saturated carbocycles. The zero-order chi connectivity index (χ0) is 14.8. The van der Waals surface area contributed by atoms with Crippen LogP contribution in [0.5, 0.6) is 0 Å². The first-order valence-corrected chi connectivity index (χ1v) is 8.23. The van der Waals surface area contributed by atoms with Crippen LogP contribution < -0.4 is 0 Å². The maximum atomic E-state index is 12.5. The van der Waals surface area contributed by atoms with Gasteiger partial charge in [-0.2, -0.15) is 0 Å². The number of hydrogen-bond acceptors (Lipinski definition) is 2. The van der Waals surface area contributed by atoms with Gasteiger partial charge in [0.2, 0.25) is 0 Å². The van der Waals surface area contributed by atoms with Crippen LogP contribution >= 0.6 is 27.3 Å². The van der Waals surface area contributed by atoms with Crippen LogP contribution in [0.25, 0.3) is 10.8 Å². The van der Waals surface area contributed by atoms with E-state index in [1.165, 1.54) is 4.88 Å². The quantitative estimate of drug-likeness (QED) is 0.648. The van der Waals surface area contributed by atoms with Crippen molar-refractivity contribution >= 4 is 43.9 Å². The first kappa shape index (κ1) is 14.3. The summed E-state index contributed by atoms with van der Waals surface area (Å²) in [4.78, 5) is 15.4. The predicted octanol–water partition coefficient (Wildman–Crippen LogP) is 4.94. The van der Waals surface area contributed by atoms with Gasteiger partial charge in [0.15, 0.2) is 0 Å². The van der Waals surface area contributed by atoms with Gasteiger partial charge in [-0.05, 0) is 51.0 Å². The molecule has 0 bridgehead atoms. The first-order chi connectivity index (χ1) is 10.1. The average molecular weight is 360 g/mol. The highest BCUT2D eigenvalue weighted by atomic mass is 79.9. The van der Waals surface area contributed by atoms with Gasteiger partial charge in [0.25, 0.3) is 5.91 Å². The van der Waals surface area contributed by atoms with Crippen molar-refractivity contribution < 1.29 is 4.79 Å². The average Bonchev–Trinajstić information content (AvgIpc) is 2.91. The molecule has 3 aromatic rings. The third kappa shape index (κ3) is 3.17. The number of hydrogen-bond donors (Lipinski definition) is 0. The van der Waals surface area contributed by atoms with Crippen LogP contribution in [0.15, 0.2) is 58.4 Å². The number of carbonyl (C=O) groups excluding carboxylic acids is 1. The van der Waals surface area contributed by atoms with Crippen LogP contribution in [-0.2, 0) is 6.54 Å². The van der Waals surface area contributed by atoms with E-state index >= 15 is 0 Å². The predicted molar refractivity (Wildman–Crippen MR) is 91.8 cm³/mol. The Labute approximate surface area is 136 Å². The molecule has 1 amide bonds. The topological polar surface area (TPSA) is 20.3 Å². The normalized spacial score (nSPS) is 10.8. The SMILES string of the molecule is CN(Cc1ccc(Br)s1)C(=O)c1ccc2ccccc2c1. The Hall–Kier alpha value is -1.65. The molecule has 0 fully saturated rings. The molecular weight excluding hydrogens is 346 g/mol. The van der Waals surface area contributed by atoms with E-state index in [2.05, 4.69) is 22.0 Å². The van der Waals surface area contributed by atoms with E-state index in [4.69, 9.17) is 0 Å². The molecule has 4 heteroatoms. The highest BCUT2D eigenvalue weighted by Crippen LogP contribution is 2.24. The lowest BCUT2D eigenvalue weighted by Gasteiger charge is -2.16. The molecule has 1 aromatic heterocycles. The number of nitrogens with zero attached hydrogens (tertiary/aromatic N) is 1. The molecule has 21 heavy (non-hydrogen) atoms. The lowest BCUT2D eigenvalue weighted by atomic mass is 10.1. The van der Waals surface area contributed by atoms with Gasteiger partial charge in [0.1, 0.15) is 0 Å². The first-order valence-electron chi connectivity index (χ1n) is 6.62. The molecule has 0 atom stereocenters. The summed E-state index contributed by atoms with van der Waals surface area (Å²) in [5.74, 6) is 0.0466. The van der Waals surface area contributed by atoms with E-state index < -0.39 is 0 Å². The van der Waals surface area contributed by atoms with Crippen molar-refractivity contribution in [2.75, 3.05) is 7.05 Å². The van der Waals surface area contributed by atoms with Crippen LogP contribution in [0.2, 0.25) is 0 Å². The molecule has 0 saturated heterocycles. The molecule has 0 N–H and O–H groups in total. The Morgan fingerprint density at radius 2 is 1.86 bits per heavy atom. The fraction of sp³-hybridized carbons (Fsp3) is 0.118. The largest absolute Gasteiger partial charge is 0.337 e. The van der Waals surface area contributed by atoms with Gasteiger partial charge in [0, 0.05) is 17.5 Å². The Bertz CT molecular complexity index is 796. The molecule has 106 valence electrons. The summed E-state index contributed by atoms with van der Waals surface area (Å²) in [6, 6.07) is 18.0. The van der Waals surface area contributed by atoms with E-state index in [0.717, 1.165) is 20.1 Å². The summed E-state index contributed by atoms with van der Waals surface area (Å²) < 4.78 is 1.09. The summed E-state index contributed by atoms with van der Waals surface area (Å²) in [6.45, 7) is 0.627. The van der Waals surface area contributed by atoms with Gasteiger partial charge >= 0.3 is 0 Å². The molecular formula is C17H14BrNOS. The molecule has 0 radical (unpaired) electrons. The fourth-order valence-corrected chi connectivity index (χ4v) is 3.82. The molecule has 0 aliphatic heterocycles. The van der Waals surface area contributed by atoms with Crippen molar-refractivity contribution in [3.63, 3.8) is 0 Å². The molecule has 3 rings (SSSR count). The second kappa shape index (κ2) is 6.00. The van der Waals surface area contributed by atoms with Crippen LogP contribution in [0.3, 0.4) is 0 Å². The maximum Gasteiger partial charge on any atom is 0.253 e. The highest BCUT2D eigenvalue weighted by Gasteiger charge is 2.13. The van der Waals surface area contributed by atoms with Crippen molar-refractivity contribution in [2.45, 2.75) is 6.54 Å². The van der Waals surface area contributed by atoms with E-state index in [0.29, 0.717) is 6.54 Å². The van der Waals surface area contributed by atoms with E-state index in [1.807, 2.05) is 55.6 Å². The number of rotatable bonds is 3. The van der Waals surface area contributed by atoms with E-state index in [1.54, 1.807) is 16.2 Å². The third-order valence-electron chi connectivity index (χ3n) is 3.36. The van der Waals surface area contributed by atoms with Gasteiger partial charge in [-0.1, -0.05) is 30.3 Å². The summed E-state index contributed by atoms with van der Waals surface area (Å²) in [5, 5.41) is 2.24. The maximum absolute atomic E-state index is 12.5. The number of halogens is 1. The van der Waals surface area contributed by atoms with Crippen molar-refractivity contribution in [2.24, 2.45) is 0 Å².